The number of aryl methyl sites for hydroxylation is 2. The zero-order chi connectivity index (χ0) is 17.4. The van der Waals surface area contributed by atoms with Crippen molar-refractivity contribution in [1.29, 1.82) is 0 Å². The number of hydrogen-bond donors (Lipinski definition) is 1. The topological polar surface area (TPSA) is 47.6 Å². The summed E-state index contributed by atoms with van der Waals surface area (Å²) in [6, 6.07) is 8.17. The maximum absolute atomic E-state index is 12.2. The van der Waals surface area contributed by atoms with E-state index in [-0.39, 0.29) is 11.8 Å². The normalized spacial score (nSPS) is 16.4. The highest BCUT2D eigenvalue weighted by Gasteiger charge is 2.28. The first kappa shape index (κ1) is 16.8. The monoisotopic (exact) mass is 389 g/mol. The Balaban J connectivity index is 2.16. The molecule has 0 aromatic heterocycles. The van der Waals surface area contributed by atoms with E-state index in [0.717, 1.165) is 21.3 Å². The van der Waals surface area contributed by atoms with Gasteiger partial charge in [0.25, 0.3) is 0 Å². The van der Waals surface area contributed by atoms with E-state index in [1.807, 2.05) is 18.2 Å². The summed E-state index contributed by atoms with van der Waals surface area (Å²) >= 11 is 3.54. The fourth-order valence-corrected chi connectivity index (χ4v) is 3.79. The van der Waals surface area contributed by atoms with Crippen molar-refractivity contribution in [3.8, 4) is 11.5 Å². The summed E-state index contributed by atoms with van der Waals surface area (Å²) in [5.74, 6) is 1.32. The van der Waals surface area contributed by atoms with Gasteiger partial charge in [-0.25, -0.2) is 0 Å². The molecule has 0 aliphatic carbocycles. The third-order valence-corrected chi connectivity index (χ3v) is 5.15. The van der Waals surface area contributed by atoms with Gasteiger partial charge in [-0.2, -0.15) is 0 Å². The standard InChI is InChI=1S/C19H20BrNO3/c1-10-5-14-13(9-18(22)21-16(14)6-11(10)2)12-7-15(20)19(24-4)17(8-12)23-3/h5-8,13H,9H2,1-4H3,(H,21,22)/t13-/m1/s1. The van der Waals surface area contributed by atoms with E-state index in [2.05, 4.69) is 41.2 Å². The Morgan fingerprint density at radius 1 is 1.08 bits per heavy atom. The van der Waals surface area contributed by atoms with E-state index in [0.29, 0.717) is 17.9 Å². The Kier molecular flexibility index (Phi) is 4.54. The van der Waals surface area contributed by atoms with Gasteiger partial charge in [0.2, 0.25) is 5.91 Å². The van der Waals surface area contributed by atoms with Crippen LogP contribution in [0.4, 0.5) is 5.69 Å². The molecular formula is C19H20BrNO3. The van der Waals surface area contributed by atoms with Gasteiger partial charge in [0.15, 0.2) is 11.5 Å². The molecule has 0 fully saturated rings. The lowest BCUT2D eigenvalue weighted by Crippen LogP contribution is -2.24. The molecule has 2 aromatic carbocycles. The predicted octanol–water partition coefficient (Wildman–Crippen LogP) is 4.56. The summed E-state index contributed by atoms with van der Waals surface area (Å²) in [6.07, 6.45) is 0.414. The van der Waals surface area contributed by atoms with Gasteiger partial charge in [-0.3, -0.25) is 4.79 Å². The lowest BCUT2D eigenvalue weighted by Gasteiger charge is -2.28. The fraction of sp³-hybridized carbons (Fsp3) is 0.316. The van der Waals surface area contributed by atoms with E-state index in [1.54, 1.807) is 14.2 Å². The number of carbonyl (C=O) groups excluding carboxylic acids is 1. The Bertz CT molecular complexity index is 817. The number of benzene rings is 2. The Morgan fingerprint density at radius 2 is 1.79 bits per heavy atom. The van der Waals surface area contributed by atoms with Gasteiger partial charge in [-0.05, 0) is 70.2 Å². The molecule has 1 aliphatic heterocycles. The molecule has 1 heterocycles. The van der Waals surface area contributed by atoms with Gasteiger partial charge in [-0.15, -0.1) is 0 Å². The second-order valence-corrected chi connectivity index (χ2v) is 6.92. The first-order chi connectivity index (χ1) is 11.4. The van der Waals surface area contributed by atoms with Gasteiger partial charge < -0.3 is 14.8 Å². The van der Waals surface area contributed by atoms with Crippen LogP contribution in [0.2, 0.25) is 0 Å². The second kappa shape index (κ2) is 6.48. The van der Waals surface area contributed by atoms with Crippen LogP contribution in [0.15, 0.2) is 28.7 Å². The summed E-state index contributed by atoms with van der Waals surface area (Å²) in [7, 11) is 3.22. The SMILES string of the molecule is COc1cc([C@H]2CC(=O)Nc3cc(C)c(C)cc32)cc(Br)c1OC. The maximum Gasteiger partial charge on any atom is 0.225 e. The van der Waals surface area contributed by atoms with Crippen LogP contribution >= 0.6 is 15.9 Å². The summed E-state index contributed by atoms with van der Waals surface area (Å²) in [5, 5.41) is 2.99. The molecular weight excluding hydrogens is 370 g/mol. The zero-order valence-corrected chi connectivity index (χ0v) is 15.8. The molecule has 1 N–H and O–H groups in total. The van der Waals surface area contributed by atoms with Gasteiger partial charge >= 0.3 is 0 Å². The highest BCUT2D eigenvalue weighted by molar-refractivity contribution is 9.10. The van der Waals surface area contributed by atoms with E-state index in [9.17, 15) is 4.79 Å². The minimum atomic E-state index is -0.0100. The minimum Gasteiger partial charge on any atom is -0.493 e. The van der Waals surface area contributed by atoms with E-state index in [4.69, 9.17) is 9.47 Å². The van der Waals surface area contributed by atoms with Crippen molar-refractivity contribution in [3.63, 3.8) is 0 Å². The Labute approximate surface area is 150 Å². The molecule has 0 bridgehead atoms. The van der Waals surface area contributed by atoms with Gasteiger partial charge in [0.1, 0.15) is 0 Å². The number of rotatable bonds is 3. The van der Waals surface area contributed by atoms with Crippen LogP contribution in [-0.2, 0) is 4.79 Å². The quantitative estimate of drug-likeness (QED) is 0.836. The van der Waals surface area contributed by atoms with E-state index >= 15 is 0 Å². The Hall–Kier alpha value is -2.01. The number of ether oxygens (including phenoxy) is 2. The van der Waals surface area contributed by atoms with Crippen molar-refractivity contribution >= 4 is 27.5 Å². The first-order valence-corrected chi connectivity index (χ1v) is 8.56. The number of carbonyl (C=O) groups is 1. The molecule has 3 rings (SSSR count). The van der Waals surface area contributed by atoms with Gasteiger partial charge in [0, 0.05) is 18.0 Å². The summed E-state index contributed by atoms with van der Waals surface area (Å²) in [5.41, 5.74) is 5.44. The molecule has 5 heteroatoms. The largest absolute Gasteiger partial charge is 0.493 e. The second-order valence-electron chi connectivity index (χ2n) is 6.07. The molecule has 24 heavy (non-hydrogen) atoms. The highest BCUT2D eigenvalue weighted by atomic mass is 79.9. The van der Waals surface area contributed by atoms with Crippen molar-refractivity contribution in [3.05, 3.63) is 51.0 Å². The molecule has 0 saturated heterocycles. The zero-order valence-electron chi connectivity index (χ0n) is 14.2. The molecule has 0 spiro atoms. The first-order valence-electron chi connectivity index (χ1n) is 7.77. The number of methoxy groups -OCH3 is 2. The number of fused-ring (bicyclic) bond motifs is 1. The van der Waals surface area contributed by atoms with Crippen LogP contribution in [0.3, 0.4) is 0 Å². The lowest BCUT2D eigenvalue weighted by atomic mass is 9.83. The average Bonchev–Trinajstić information content (AvgIpc) is 2.54. The van der Waals surface area contributed by atoms with Crippen molar-refractivity contribution in [2.24, 2.45) is 0 Å². The molecule has 1 aliphatic rings. The maximum atomic E-state index is 12.2. The predicted molar refractivity (Wildman–Crippen MR) is 98.3 cm³/mol. The van der Waals surface area contributed by atoms with E-state index < -0.39 is 0 Å². The number of halogens is 1. The molecule has 0 saturated carbocycles. The third kappa shape index (κ3) is 2.88. The summed E-state index contributed by atoms with van der Waals surface area (Å²) < 4.78 is 11.6. The van der Waals surface area contributed by atoms with Crippen LogP contribution in [-0.4, -0.2) is 20.1 Å². The Morgan fingerprint density at radius 3 is 2.46 bits per heavy atom. The molecule has 0 unspecified atom stereocenters. The molecule has 1 atom stereocenters. The van der Waals surface area contributed by atoms with Crippen LogP contribution in [0.1, 0.15) is 34.6 Å². The van der Waals surface area contributed by atoms with Crippen molar-refractivity contribution in [2.45, 2.75) is 26.2 Å². The minimum absolute atomic E-state index is 0.0100. The highest BCUT2D eigenvalue weighted by Crippen LogP contribution is 2.43. The smallest absolute Gasteiger partial charge is 0.225 e. The van der Waals surface area contributed by atoms with E-state index in [1.165, 1.54) is 11.1 Å². The van der Waals surface area contributed by atoms with Crippen molar-refractivity contribution in [1.82, 2.24) is 0 Å². The van der Waals surface area contributed by atoms with Gasteiger partial charge in [0.05, 0.1) is 18.7 Å². The van der Waals surface area contributed by atoms with Crippen LogP contribution < -0.4 is 14.8 Å². The van der Waals surface area contributed by atoms with Crippen molar-refractivity contribution in [2.75, 3.05) is 19.5 Å². The third-order valence-electron chi connectivity index (χ3n) is 4.56. The van der Waals surface area contributed by atoms with Gasteiger partial charge in [-0.1, -0.05) is 6.07 Å². The number of amides is 1. The molecule has 126 valence electrons. The van der Waals surface area contributed by atoms with Crippen LogP contribution in [0.5, 0.6) is 11.5 Å². The number of anilines is 1. The molecule has 2 aromatic rings. The molecule has 1 amide bonds. The number of hydrogen-bond acceptors (Lipinski definition) is 3. The van der Waals surface area contributed by atoms with Crippen LogP contribution in [0, 0.1) is 13.8 Å². The average molecular weight is 390 g/mol. The molecule has 0 radical (unpaired) electrons. The fourth-order valence-electron chi connectivity index (χ4n) is 3.17. The lowest BCUT2D eigenvalue weighted by molar-refractivity contribution is -0.116. The summed E-state index contributed by atoms with van der Waals surface area (Å²) in [6.45, 7) is 4.14. The molecule has 4 nitrogen and oxygen atoms in total. The number of nitrogens with one attached hydrogen (secondary N) is 1. The van der Waals surface area contributed by atoms with Crippen molar-refractivity contribution < 1.29 is 14.3 Å². The van der Waals surface area contributed by atoms with Crippen LogP contribution in [0.25, 0.3) is 0 Å². The summed E-state index contributed by atoms with van der Waals surface area (Å²) in [4.78, 5) is 12.2.